The fraction of sp³-hybridized carbons (Fsp3) is 0.471. The molecule has 114 valence electrons. The normalized spacial score (nSPS) is 18.6. The van der Waals surface area contributed by atoms with E-state index in [1.807, 2.05) is 30.3 Å². The Hall–Kier alpha value is -1.81. The van der Waals surface area contributed by atoms with Gasteiger partial charge in [-0.3, -0.25) is 4.79 Å². The Morgan fingerprint density at radius 3 is 2.90 bits per heavy atom. The van der Waals surface area contributed by atoms with Crippen LogP contribution in [0.3, 0.4) is 0 Å². The van der Waals surface area contributed by atoms with Crippen molar-refractivity contribution >= 4 is 12.0 Å². The van der Waals surface area contributed by atoms with Crippen molar-refractivity contribution in [3.05, 3.63) is 35.9 Å². The van der Waals surface area contributed by atoms with Gasteiger partial charge in [0.15, 0.2) is 0 Å². The first-order valence-corrected chi connectivity index (χ1v) is 7.58. The van der Waals surface area contributed by atoms with Gasteiger partial charge in [-0.15, -0.1) is 0 Å². The average molecular weight is 288 g/mol. The van der Waals surface area contributed by atoms with Gasteiger partial charge in [0.2, 0.25) is 5.91 Å². The molecular formula is C17H24N2O2. The molecule has 1 aliphatic rings. The lowest BCUT2D eigenvalue weighted by atomic mass is 9.96. The number of nitrogens with one attached hydrogen (secondary N) is 2. The molecule has 21 heavy (non-hydrogen) atoms. The van der Waals surface area contributed by atoms with Gasteiger partial charge in [0, 0.05) is 12.6 Å². The molecule has 1 saturated heterocycles. The molecule has 1 aliphatic heterocycles. The van der Waals surface area contributed by atoms with Crippen LogP contribution < -0.4 is 15.4 Å². The second kappa shape index (κ2) is 8.47. The lowest BCUT2D eigenvalue weighted by Gasteiger charge is -2.22. The average Bonchev–Trinajstić information content (AvgIpc) is 2.54. The van der Waals surface area contributed by atoms with Crippen LogP contribution in [0, 0.1) is 5.92 Å². The molecule has 1 fully saturated rings. The molecule has 1 atom stereocenters. The summed E-state index contributed by atoms with van der Waals surface area (Å²) in [7, 11) is 1.64. The Bertz CT molecular complexity index is 462. The van der Waals surface area contributed by atoms with Crippen LogP contribution in [-0.2, 0) is 4.79 Å². The molecule has 2 rings (SSSR count). The van der Waals surface area contributed by atoms with Crippen molar-refractivity contribution in [2.24, 2.45) is 5.92 Å². The van der Waals surface area contributed by atoms with E-state index in [-0.39, 0.29) is 5.91 Å². The topological polar surface area (TPSA) is 50.4 Å². The van der Waals surface area contributed by atoms with Gasteiger partial charge in [-0.2, -0.15) is 0 Å². The molecule has 2 N–H and O–H groups in total. The molecule has 1 aromatic carbocycles. The van der Waals surface area contributed by atoms with E-state index >= 15 is 0 Å². The van der Waals surface area contributed by atoms with E-state index in [1.54, 1.807) is 13.2 Å². The molecule has 1 heterocycles. The van der Waals surface area contributed by atoms with E-state index in [1.165, 1.54) is 12.8 Å². The van der Waals surface area contributed by atoms with Crippen molar-refractivity contribution in [2.45, 2.75) is 19.3 Å². The summed E-state index contributed by atoms with van der Waals surface area (Å²) < 4.78 is 5.10. The summed E-state index contributed by atoms with van der Waals surface area (Å²) >= 11 is 0. The number of rotatable bonds is 6. The summed E-state index contributed by atoms with van der Waals surface area (Å²) in [4.78, 5) is 11.7. The fourth-order valence-electron chi connectivity index (χ4n) is 2.52. The van der Waals surface area contributed by atoms with Gasteiger partial charge >= 0.3 is 0 Å². The number of ether oxygens (including phenoxy) is 1. The number of carbonyl (C=O) groups is 1. The number of methoxy groups -OCH3 is 1. The lowest BCUT2D eigenvalue weighted by Crippen LogP contribution is -2.32. The van der Waals surface area contributed by atoms with E-state index < -0.39 is 0 Å². The van der Waals surface area contributed by atoms with Crippen molar-refractivity contribution in [3.63, 3.8) is 0 Å². The van der Waals surface area contributed by atoms with Crippen LogP contribution in [0.15, 0.2) is 30.3 Å². The Kier molecular flexibility index (Phi) is 6.28. The van der Waals surface area contributed by atoms with Crippen LogP contribution in [0.4, 0.5) is 0 Å². The quantitative estimate of drug-likeness (QED) is 0.789. The summed E-state index contributed by atoms with van der Waals surface area (Å²) in [5.41, 5.74) is 0.988. The van der Waals surface area contributed by atoms with E-state index in [0.29, 0.717) is 5.92 Å². The predicted octanol–water partition coefficient (Wildman–Crippen LogP) is 2.21. The molecule has 0 aliphatic carbocycles. The summed E-state index contributed by atoms with van der Waals surface area (Å²) in [6.07, 6.45) is 6.97. The Morgan fingerprint density at radius 2 is 2.24 bits per heavy atom. The minimum absolute atomic E-state index is 0.0328. The monoisotopic (exact) mass is 288 g/mol. The highest BCUT2D eigenvalue weighted by Crippen LogP contribution is 2.13. The standard InChI is InChI=1S/C17H24N2O2/c1-21-16-7-4-14(5-8-16)6-9-17(20)19-12-10-15-3-2-11-18-13-15/h4-9,15,18H,2-3,10-13H2,1H3,(H,19,20). The Labute approximate surface area is 126 Å². The lowest BCUT2D eigenvalue weighted by molar-refractivity contribution is -0.116. The van der Waals surface area contributed by atoms with Crippen LogP contribution in [0.5, 0.6) is 5.75 Å². The predicted molar refractivity (Wildman–Crippen MR) is 85.2 cm³/mol. The van der Waals surface area contributed by atoms with Gasteiger partial charge < -0.3 is 15.4 Å². The molecule has 1 amide bonds. The zero-order valence-electron chi connectivity index (χ0n) is 12.6. The van der Waals surface area contributed by atoms with Gasteiger partial charge in [-0.05, 0) is 62.0 Å². The molecule has 0 aromatic heterocycles. The maximum Gasteiger partial charge on any atom is 0.243 e. The summed E-state index contributed by atoms with van der Waals surface area (Å²) in [6.45, 7) is 2.96. The molecule has 4 nitrogen and oxygen atoms in total. The first-order valence-electron chi connectivity index (χ1n) is 7.58. The van der Waals surface area contributed by atoms with E-state index in [2.05, 4.69) is 10.6 Å². The third-order valence-electron chi connectivity index (χ3n) is 3.79. The fourth-order valence-corrected chi connectivity index (χ4v) is 2.52. The minimum atomic E-state index is -0.0328. The van der Waals surface area contributed by atoms with Crippen molar-refractivity contribution in [1.29, 1.82) is 0 Å². The maximum atomic E-state index is 11.7. The largest absolute Gasteiger partial charge is 0.497 e. The molecule has 0 spiro atoms. The first-order chi connectivity index (χ1) is 10.3. The van der Waals surface area contributed by atoms with Crippen LogP contribution in [0.25, 0.3) is 6.08 Å². The summed E-state index contributed by atoms with van der Waals surface area (Å²) in [5, 5.41) is 6.34. The summed E-state index contributed by atoms with van der Waals surface area (Å²) in [5.74, 6) is 1.48. The van der Waals surface area contributed by atoms with Gasteiger partial charge in [-0.1, -0.05) is 12.1 Å². The molecule has 1 unspecified atom stereocenters. The maximum absolute atomic E-state index is 11.7. The van der Waals surface area contributed by atoms with E-state index in [0.717, 1.165) is 37.4 Å². The number of benzene rings is 1. The third kappa shape index (κ3) is 5.60. The summed E-state index contributed by atoms with van der Waals surface area (Å²) in [6, 6.07) is 7.62. The smallest absolute Gasteiger partial charge is 0.243 e. The van der Waals surface area contributed by atoms with Crippen LogP contribution in [-0.4, -0.2) is 32.7 Å². The second-order valence-corrected chi connectivity index (χ2v) is 5.40. The number of carbonyl (C=O) groups excluding carboxylic acids is 1. The van der Waals surface area contributed by atoms with E-state index in [9.17, 15) is 4.79 Å². The van der Waals surface area contributed by atoms with Crippen molar-refractivity contribution in [3.8, 4) is 5.75 Å². The molecule has 0 saturated carbocycles. The molecule has 4 heteroatoms. The third-order valence-corrected chi connectivity index (χ3v) is 3.79. The van der Waals surface area contributed by atoms with Crippen LogP contribution in [0.2, 0.25) is 0 Å². The van der Waals surface area contributed by atoms with Gasteiger partial charge in [0.25, 0.3) is 0 Å². The first kappa shape index (κ1) is 15.6. The highest BCUT2D eigenvalue weighted by molar-refractivity contribution is 5.91. The molecule has 1 aromatic rings. The Balaban J connectivity index is 1.69. The van der Waals surface area contributed by atoms with Crippen LogP contribution in [0.1, 0.15) is 24.8 Å². The zero-order chi connectivity index (χ0) is 14.9. The minimum Gasteiger partial charge on any atom is -0.497 e. The van der Waals surface area contributed by atoms with Crippen LogP contribution >= 0.6 is 0 Å². The second-order valence-electron chi connectivity index (χ2n) is 5.40. The number of piperidine rings is 1. The molecule has 0 bridgehead atoms. The van der Waals surface area contributed by atoms with Gasteiger partial charge in [-0.25, -0.2) is 0 Å². The number of amides is 1. The van der Waals surface area contributed by atoms with Crippen molar-refractivity contribution < 1.29 is 9.53 Å². The molecule has 0 radical (unpaired) electrons. The number of hydrogen-bond donors (Lipinski definition) is 2. The van der Waals surface area contributed by atoms with E-state index in [4.69, 9.17) is 4.74 Å². The SMILES string of the molecule is COc1ccc(C=CC(=O)NCCC2CCCNC2)cc1. The number of hydrogen-bond acceptors (Lipinski definition) is 3. The molecular weight excluding hydrogens is 264 g/mol. The highest BCUT2D eigenvalue weighted by atomic mass is 16.5. The Morgan fingerprint density at radius 1 is 1.43 bits per heavy atom. The van der Waals surface area contributed by atoms with Gasteiger partial charge in [0.05, 0.1) is 7.11 Å². The highest BCUT2D eigenvalue weighted by Gasteiger charge is 2.12. The van der Waals surface area contributed by atoms with Crippen molar-refractivity contribution in [1.82, 2.24) is 10.6 Å². The van der Waals surface area contributed by atoms with Gasteiger partial charge in [0.1, 0.15) is 5.75 Å². The zero-order valence-corrected chi connectivity index (χ0v) is 12.6. The van der Waals surface area contributed by atoms with Crippen molar-refractivity contribution in [2.75, 3.05) is 26.7 Å².